The summed E-state index contributed by atoms with van der Waals surface area (Å²) in [6, 6.07) is 0.722. The van der Waals surface area contributed by atoms with E-state index in [1.54, 1.807) is 23.1 Å². The zero-order valence-corrected chi connectivity index (χ0v) is 12.3. The molecule has 2 aromatic rings. The summed E-state index contributed by atoms with van der Waals surface area (Å²) in [5.41, 5.74) is 1.96. The van der Waals surface area contributed by atoms with Crippen molar-refractivity contribution >= 4 is 11.3 Å². The van der Waals surface area contributed by atoms with Crippen molar-refractivity contribution in [2.75, 3.05) is 7.11 Å². The molecule has 0 bridgehead atoms. The number of nitrogens with one attached hydrogen (secondary N) is 1. The van der Waals surface area contributed by atoms with E-state index in [1.165, 1.54) is 17.7 Å². The largest absolute Gasteiger partial charge is 0.481 e. The maximum absolute atomic E-state index is 5.42. The van der Waals surface area contributed by atoms with Crippen LogP contribution in [0.5, 0.6) is 5.88 Å². The maximum atomic E-state index is 5.42. The van der Waals surface area contributed by atoms with Crippen LogP contribution in [0.15, 0.2) is 6.20 Å². The van der Waals surface area contributed by atoms with Crippen LogP contribution in [0.2, 0.25) is 0 Å². The van der Waals surface area contributed by atoms with Crippen LogP contribution in [-0.4, -0.2) is 27.9 Å². The first kappa shape index (κ1) is 12.6. The lowest BCUT2D eigenvalue weighted by Crippen LogP contribution is -2.14. The predicted octanol–water partition coefficient (Wildman–Crippen LogP) is 2.11. The zero-order valence-electron chi connectivity index (χ0n) is 11.4. The lowest BCUT2D eigenvalue weighted by atomic mass is 10.2. The van der Waals surface area contributed by atoms with Gasteiger partial charge in [0.25, 0.3) is 0 Å². The van der Waals surface area contributed by atoms with Gasteiger partial charge in [0, 0.05) is 30.7 Å². The second-order valence-electron chi connectivity index (χ2n) is 4.88. The third-order valence-corrected chi connectivity index (χ3v) is 4.29. The van der Waals surface area contributed by atoms with Crippen molar-refractivity contribution in [1.82, 2.24) is 20.1 Å². The predicted molar refractivity (Wildman–Crippen MR) is 75.5 cm³/mol. The first-order valence-electron chi connectivity index (χ1n) is 6.45. The molecule has 3 rings (SSSR count). The number of hydrogen-bond acceptors (Lipinski definition) is 5. The fourth-order valence-electron chi connectivity index (χ4n) is 2.15. The van der Waals surface area contributed by atoms with Crippen molar-refractivity contribution in [3.05, 3.63) is 16.8 Å². The third kappa shape index (κ3) is 2.50. The zero-order chi connectivity index (χ0) is 13.4. The lowest BCUT2D eigenvalue weighted by Gasteiger charge is -2.01. The molecule has 1 aliphatic rings. The van der Waals surface area contributed by atoms with Gasteiger partial charge in [0.05, 0.1) is 18.4 Å². The van der Waals surface area contributed by atoms with Gasteiger partial charge in [-0.15, -0.1) is 11.3 Å². The van der Waals surface area contributed by atoms with Crippen molar-refractivity contribution in [3.8, 4) is 16.5 Å². The van der Waals surface area contributed by atoms with Gasteiger partial charge < -0.3 is 10.1 Å². The van der Waals surface area contributed by atoms with Crippen LogP contribution in [0.1, 0.15) is 23.4 Å². The first-order chi connectivity index (χ1) is 9.19. The summed E-state index contributed by atoms with van der Waals surface area (Å²) < 4.78 is 7.18. The molecule has 2 aromatic heterocycles. The molecular weight excluding hydrogens is 260 g/mol. The maximum Gasteiger partial charge on any atom is 0.222 e. The monoisotopic (exact) mass is 278 g/mol. The Morgan fingerprint density at radius 3 is 3.00 bits per heavy atom. The molecule has 0 spiro atoms. The topological polar surface area (TPSA) is 52.0 Å². The minimum absolute atomic E-state index is 0.722. The van der Waals surface area contributed by atoms with Gasteiger partial charge in [-0.3, -0.25) is 0 Å². The molecule has 0 saturated heterocycles. The minimum Gasteiger partial charge on any atom is -0.481 e. The van der Waals surface area contributed by atoms with Gasteiger partial charge in [0.2, 0.25) is 5.88 Å². The Hall–Kier alpha value is -1.40. The number of nitrogens with zero attached hydrogens (tertiary/aromatic N) is 3. The Balaban J connectivity index is 1.84. The Kier molecular flexibility index (Phi) is 3.28. The van der Waals surface area contributed by atoms with Crippen molar-refractivity contribution in [3.63, 3.8) is 0 Å². The van der Waals surface area contributed by atoms with Crippen LogP contribution in [0, 0.1) is 6.92 Å². The van der Waals surface area contributed by atoms with Gasteiger partial charge in [-0.05, 0) is 19.8 Å². The summed E-state index contributed by atoms with van der Waals surface area (Å²) in [6.07, 6.45) is 4.56. The molecule has 19 heavy (non-hydrogen) atoms. The van der Waals surface area contributed by atoms with Crippen LogP contribution in [-0.2, 0) is 13.6 Å². The van der Waals surface area contributed by atoms with E-state index >= 15 is 0 Å². The highest BCUT2D eigenvalue weighted by Crippen LogP contribution is 2.35. The summed E-state index contributed by atoms with van der Waals surface area (Å²) in [5.74, 6) is 0.772. The standard InChI is InChI=1S/C13H18N4OS/c1-8-11(13(18-3)17(2)16-8)12-15-7-10(19-12)6-14-9-4-5-9/h7,9,14H,4-6H2,1-3H3. The molecule has 6 heteroatoms. The number of aromatic nitrogens is 3. The summed E-state index contributed by atoms with van der Waals surface area (Å²) in [4.78, 5) is 5.77. The highest BCUT2D eigenvalue weighted by molar-refractivity contribution is 7.15. The molecule has 1 saturated carbocycles. The van der Waals surface area contributed by atoms with E-state index in [9.17, 15) is 0 Å². The van der Waals surface area contributed by atoms with Gasteiger partial charge in [-0.2, -0.15) is 5.10 Å². The average Bonchev–Trinajstić information content (AvgIpc) is 3.02. The lowest BCUT2D eigenvalue weighted by molar-refractivity contribution is 0.375. The van der Waals surface area contributed by atoms with Crippen LogP contribution in [0.4, 0.5) is 0 Å². The first-order valence-corrected chi connectivity index (χ1v) is 7.26. The molecule has 2 heterocycles. The van der Waals surface area contributed by atoms with Gasteiger partial charge in [0.1, 0.15) is 5.01 Å². The average molecular weight is 278 g/mol. The number of thiazole rings is 1. The normalized spacial score (nSPS) is 14.9. The Morgan fingerprint density at radius 2 is 2.32 bits per heavy atom. The molecule has 5 nitrogen and oxygen atoms in total. The summed E-state index contributed by atoms with van der Waals surface area (Å²) in [6.45, 7) is 2.89. The fraction of sp³-hybridized carbons (Fsp3) is 0.538. The van der Waals surface area contributed by atoms with E-state index in [0.717, 1.165) is 34.7 Å². The molecule has 1 aliphatic carbocycles. The fourth-order valence-corrected chi connectivity index (χ4v) is 3.11. The number of ether oxygens (including phenoxy) is 1. The SMILES string of the molecule is COc1c(-c2ncc(CNC3CC3)s2)c(C)nn1C. The highest BCUT2D eigenvalue weighted by Gasteiger charge is 2.22. The summed E-state index contributed by atoms with van der Waals surface area (Å²) >= 11 is 1.71. The second kappa shape index (κ2) is 4.94. The number of rotatable bonds is 5. The van der Waals surface area contributed by atoms with Crippen molar-refractivity contribution < 1.29 is 4.74 Å². The molecule has 1 fully saturated rings. The van der Waals surface area contributed by atoms with E-state index in [2.05, 4.69) is 15.4 Å². The molecule has 1 N–H and O–H groups in total. The smallest absolute Gasteiger partial charge is 0.222 e. The number of methoxy groups -OCH3 is 1. The van der Waals surface area contributed by atoms with Crippen LogP contribution in [0.3, 0.4) is 0 Å². The van der Waals surface area contributed by atoms with Gasteiger partial charge >= 0.3 is 0 Å². The molecule has 102 valence electrons. The third-order valence-electron chi connectivity index (χ3n) is 3.27. The van der Waals surface area contributed by atoms with Crippen LogP contribution >= 0.6 is 11.3 Å². The molecule has 0 unspecified atom stereocenters. The molecule has 0 aromatic carbocycles. The van der Waals surface area contributed by atoms with Crippen LogP contribution < -0.4 is 10.1 Å². The van der Waals surface area contributed by atoms with E-state index in [4.69, 9.17) is 4.74 Å². The summed E-state index contributed by atoms with van der Waals surface area (Å²) in [7, 11) is 3.56. The molecule has 0 amide bonds. The van der Waals surface area contributed by atoms with Gasteiger partial charge in [-0.25, -0.2) is 9.67 Å². The number of aryl methyl sites for hydroxylation is 2. The molecule has 0 aliphatic heterocycles. The van der Waals surface area contributed by atoms with E-state index in [-0.39, 0.29) is 0 Å². The van der Waals surface area contributed by atoms with E-state index in [1.807, 2.05) is 20.2 Å². The Bertz CT molecular complexity index is 585. The molecule has 0 radical (unpaired) electrons. The van der Waals surface area contributed by atoms with E-state index in [0.29, 0.717) is 0 Å². The Morgan fingerprint density at radius 1 is 1.53 bits per heavy atom. The van der Waals surface area contributed by atoms with Crippen molar-refractivity contribution in [1.29, 1.82) is 0 Å². The second-order valence-corrected chi connectivity index (χ2v) is 6.00. The van der Waals surface area contributed by atoms with Crippen LogP contribution in [0.25, 0.3) is 10.6 Å². The molecule has 0 atom stereocenters. The van der Waals surface area contributed by atoms with E-state index < -0.39 is 0 Å². The van der Waals surface area contributed by atoms with Gasteiger partial charge in [0.15, 0.2) is 0 Å². The molecular formula is C13H18N4OS. The van der Waals surface area contributed by atoms with Crippen molar-refractivity contribution in [2.45, 2.75) is 32.4 Å². The van der Waals surface area contributed by atoms with Crippen molar-refractivity contribution in [2.24, 2.45) is 7.05 Å². The number of hydrogen-bond donors (Lipinski definition) is 1. The Labute approximate surface area is 116 Å². The summed E-state index contributed by atoms with van der Waals surface area (Å²) in [5, 5.41) is 8.88. The highest BCUT2D eigenvalue weighted by atomic mass is 32.1. The minimum atomic E-state index is 0.722. The van der Waals surface area contributed by atoms with Gasteiger partial charge in [-0.1, -0.05) is 0 Å². The quantitative estimate of drug-likeness (QED) is 0.910.